The summed E-state index contributed by atoms with van der Waals surface area (Å²) in [7, 11) is -4.39. The van der Waals surface area contributed by atoms with Crippen LogP contribution in [0.25, 0.3) is 11.0 Å². The van der Waals surface area contributed by atoms with Crippen molar-refractivity contribution in [3.05, 3.63) is 34.2 Å². The number of nitrogens with zero attached hydrogens (tertiary/aromatic N) is 1. The van der Waals surface area contributed by atoms with E-state index in [0.717, 1.165) is 0 Å². The quantitative estimate of drug-likeness (QED) is 0.688. The normalized spacial score (nSPS) is 11.8. The SMILES string of the molecule is CCN(CC)c1cc2oc(=O)ccc2c(C)c1S(=O)(=O)O. The largest absolute Gasteiger partial charge is 0.423 e. The van der Waals surface area contributed by atoms with Crippen LogP contribution < -0.4 is 10.5 Å². The molecule has 0 aliphatic carbocycles. The lowest BCUT2D eigenvalue weighted by Crippen LogP contribution is -2.24. The van der Waals surface area contributed by atoms with Crippen molar-refractivity contribution in [3.8, 4) is 0 Å². The predicted octanol–water partition coefficient (Wildman–Crippen LogP) is 2.19. The summed E-state index contributed by atoms with van der Waals surface area (Å²) in [5, 5.41) is 0.484. The lowest BCUT2D eigenvalue weighted by Gasteiger charge is -2.24. The lowest BCUT2D eigenvalue weighted by molar-refractivity contribution is 0.482. The number of aryl methyl sites for hydroxylation is 1. The van der Waals surface area contributed by atoms with Gasteiger partial charge in [0.1, 0.15) is 10.5 Å². The molecule has 0 fully saturated rings. The topological polar surface area (TPSA) is 87.8 Å². The van der Waals surface area contributed by atoms with E-state index in [1.165, 1.54) is 18.2 Å². The van der Waals surface area contributed by atoms with E-state index in [9.17, 15) is 17.8 Å². The Kier molecular flexibility index (Phi) is 4.06. The molecule has 0 amide bonds. The zero-order chi connectivity index (χ0) is 15.8. The van der Waals surface area contributed by atoms with E-state index in [1.807, 2.05) is 13.8 Å². The Hall–Kier alpha value is -1.86. The van der Waals surface area contributed by atoms with E-state index < -0.39 is 15.7 Å². The van der Waals surface area contributed by atoms with Crippen molar-refractivity contribution in [2.75, 3.05) is 18.0 Å². The van der Waals surface area contributed by atoms with E-state index in [1.54, 1.807) is 11.8 Å². The number of benzene rings is 1. The molecule has 1 aromatic carbocycles. The highest BCUT2D eigenvalue weighted by molar-refractivity contribution is 7.86. The van der Waals surface area contributed by atoms with Gasteiger partial charge >= 0.3 is 5.63 Å². The lowest BCUT2D eigenvalue weighted by atomic mass is 10.1. The van der Waals surface area contributed by atoms with Gasteiger partial charge in [-0.2, -0.15) is 8.42 Å². The first-order chi connectivity index (χ1) is 9.79. The first-order valence-electron chi connectivity index (χ1n) is 6.59. The van der Waals surface area contributed by atoms with Crippen LogP contribution in [0.5, 0.6) is 0 Å². The fraction of sp³-hybridized carbons (Fsp3) is 0.357. The summed E-state index contributed by atoms with van der Waals surface area (Å²) in [4.78, 5) is 13.0. The van der Waals surface area contributed by atoms with Crippen LogP contribution in [0.15, 0.2) is 32.3 Å². The Bertz CT molecular complexity index is 834. The molecule has 2 rings (SSSR count). The van der Waals surface area contributed by atoms with Crippen molar-refractivity contribution in [3.63, 3.8) is 0 Å². The third kappa shape index (κ3) is 2.79. The summed E-state index contributed by atoms with van der Waals surface area (Å²) in [5.41, 5.74) is 0.490. The number of hydrogen-bond donors (Lipinski definition) is 1. The Labute approximate surface area is 122 Å². The van der Waals surface area contributed by atoms with Crippen molar-refractivity contribution in [2.24, 2.45) is 0 Å². The molecule has 114 valence electrons. The van der Waals surface area contributed by atoms with Crippen molar-refractivity contribution in [2.45, 2.75) is 25.7 Å². The molecule has 0 aliphatic heterocycles. The second kappa shape index (κ2) is 5.50. The maximum Gasteiger partial charge on any atom is 0.336 e. The van der Waals surface area contributed by atoms with Gasteiger partial charge in [-0.25, -0.2) is 4.79 Å². The summed E-state index contributed by atoms with van der Waals surface area (Å²) >= 11 is 0. The summed E-state index contributed by atoms with van der Waals surface area (Å²) in [6.45, 7) is 6.44. The fourth-order valence-electron chi connectivity index (χ4n) is 2.48. The smallest absolute Gasteiger partial charge is 0.336 e. The molecule has 6 nitrogen and oxygen atoms in total. The average molecular weight is 311 g/mol. The second-order valence-corrected chi connectivity index (χ2v) is 6.02. The molecule has 1 heterocycles. The number of anilines is 1. The zero-order valence-electron chi connectivity index (χ0n) is 12.1. The van der Waals surface area contributed by atoms with E-state index in [4.69, 9.17) is 4.42 Å². The third-order valence-electron chi connectivity index (χ3n) is 3.47. The van der Waals surface area contributed by atoms with Gasteiger partial charge in [-0.15, -0.1) is 0 Å². The number of hydrogen-bond acceptors (Lipinski definition) is 5. The molecule has 2 aromatic rings. The summed E-state index contributed by atoms with van der Waals surface area (Å²) in [6.07, 6.45) is 0. The summed E-state index contributed by atoms with van der Waals surface area (Å²) in [6, 6.07) is 4.21. The Morgan fingerprint density at radius 1 is 1.24 bits per heavy atom. The molecule has 0 aliphatic rings. The Balaban J connectivity index is 2.96. The first kappa shape index (κ1) is 15.5. The highest BCUT2D eigenvalue weighted by Gasteiger charge is 2.24. The van der Waals surface area contributed by atoms with Gasteiger partial charge in [0.05, 0.1) is 5.69 Å². The van der Waals surface area contributed by atoms with Crippen LogP contribution in [0.4, 0.5) is 5.69 Å². The average Bonchev–Trinajstić information content (AvgIpc) is 2.38. The minimum Gasteiger partial charge on any atom is -0.423 e. The molecule has 0 radical (unpaired) electrons. The van der Waals surface area contributed by atoms with Crippen LogP contribution in [-0.2, 0) is 10.1 Å². The highest BCUT2D eigenvalue weighted by Crippen LogP contribution is 2.34. The van der Waals surface area contributed by atoms with Crippen molar-refractivity contribution < 1.29 is 17.4 Å². The number of rotatable bonds is 4. The van der Waals surface area contributed by atoms with Crippen molar-refractivity contribution >= 4 is 26.8 Å². The van der Waals surface area contributed by atoms with E-state index in [2.05, 4.69) is 0 Å². The van der Waals surface area contributed by atoms with Crippen molar-refractivity contribution in [1.29, 1.82) is 0 Å². The zero-order valence-corrected chi connectivity index (χ0v) is 12.9. The Morgan fingerprint density at radius 3 is 2.38 bits per heavy atom. The second-order valence-electron chi connectivity index (χ2n) is 4.66. The highest BCUT2D eigenvalue weighted by atomic mass is 32.2. The van der Waals surface area contributed by atoms with Gasteiger partial charge in [0.25, 0.3) is 10.1 Å². The van der Waals surface area contributed by atoms with Gasteiger partial charge in [0, 0.05) is 30.6 Å². The van der Waals surface area contributed by atoms with Crippen LogP contribution in [-0.4, -0.2) is 26.1 Å². The van der Waals surface area contributed by atoms with Crippen LogP contribution in [0.1, 0.15) is 19.4 Å². The van der Waals surface area contributed by atoms with Crippen LogP contribution in [0.3, 0.4) is 0 Å². The van der Waals surface area contributed by atoms with E-state index in [0.29, 0.717) is 35.3 Å². The summed E-state index contributed by atoms with van der Waals surface area (Å²) < 4.78 is 38.2. The molecule has 0 bridgehead atoms. The fourth-order valence-corrected chi connectivity index (χ4v) is 3.43. The van der Waals surface area contributed by atoms with Crippen LogP contribution >= 0.6 is 0 Å². The van der Waals surface area contributed by atoms with Gasteiger partial charge in [-0.05, 0) is 32.4 Å². The van der Waals surface area contributed by atoms with Crippen LogP contribution in [0, 0.1) is 6.92 Å². The van der Waals surface area contributed by atoms with Gasteiger partial charge < -0.3 is 9.32 Å². The molecule has 0 saturated carbocycles. The Morgan fingerprint density at radius 2 is 1.86 bits per heavy atom. The van der Waals surface area contributed by atoms with Gasteiger partial charge in [-0.1, -0.05) is 0 Å². The first-order valence-corrected chi connectivity index (χ1v) is 8.03. The van der Waals surface area contributed by atoms with Gasteiger partial charge in [0.15, 0.2) is 0 Å². The maximum atomic E-state index is 11.8. The minimum atomic E-state index is -4.39. The van der Waals surface area contributed by atoms with Gasteiger partial charge in [-0.3, -0.25) is 4.55 Å². The maximum absolute atomic E-state index is 11.8. The molecular formula is C14H17NO5S. The molecule has 1 N–H and O–H groups in total. The standard InChI is InChI=1S/C14H17NO5S/c1-4-15(5-2)11-8-12-10(6-7-13(16)20-12)9(3)14(11)21(17,18)19/h6-8H,4-5H2,1-3H3,(H,17,18,19). The minimum absolute atomic E-state index is 0.146. The number of fused-ring (bicyclic) bond motifs is 1. The summed E-state index contributed by atoms with van der Waals surface area (Å²) in [5.74, 6) is 0. The van der Waals surface area contributed by atoms with E-state index in [-0.39, 0.29) is 4.90 Å². The molecule has 0 unspecified atom stereocenters. The molecule has 7 heteroatoms. The van der Waals surface area contributed by atoms with Crippen molar-refractivity contribution in [1.82, 2.24) is 0 Å². The third-order valence-corrected chi connectivity index (χ3v) is 4.50. The van der Waals surface area contributed by atoms with Gasteiger partial charge in [0.2, 0.25) is 0 Å². The van der Waals surface area contributed by atoms with Crippen LogP contribution in [0.2, 0.25) is 0 Å². The van der Waals surface area contributed by atoms with E-state index >= 15 is 0 Å². The predicted molar refractivity (Wildman–Crippen MR) is 80.6 cm³/mol. The molecule has 1 aromatic heterocycles. The molecule has 0 saturated heterocycles. The molecule has 0 atom stereocenters. The molecule has 21 heavy (non-hydrogen) atoms. The molecular weight excluding hydrogens is 294 g/mol. The molecule has 0 spiro atoms. The monoisotopic (exact) mass is 311 g/mol.